The zero-order valence-corrected chi connectivity index (χ0v) is 16.2. The SMILES string of the molecule is Cc1c(Cl)cccc1NC(=O)CCC(=O)NN=Cc1cccc2ccccc12. The molecule has 0 heterocycles. The van der Waals surface area contributed by atoms with Crippen molar-refractivity contribution in [3.05, 3.63) is 76.8 Å². The highest BCUT2D eigenvalue weighted by molar-refractivity contribution is 6.31. The van der Waals surface area contributed by atoms with Gasteiger partial charge in [-0.2, -0.15) is 5.10 Å². The lowest BCUT2D eigenvalue weighted by molar-refractivity contribution is -0.124. The van der Waals surface area contributed by atoms with E-state index in [9.17, 15) is 9.59 Å². The summed E-state index contributed by atoms with van der Waals surface area (Å²) < 4.78 is 0. The van der Waals surface area contributed by atoms with E-state index in [0.717, 1.165) is 21.9 Å². The van der Waals surface area contributed by atoms with E-state index in [1.807, 2.05) is 49.4 Å². The lowest BCUT2D eigenvalue weighted by Crippen LogP contribution is -2.20. The van der Waals surface area contributed by atoms with Gasteiger partial charge in [0.15, 0.2) is 0 Å². The molecule has 0 fully saturated rings. The molecule has 0 bridgehead atoms. The summed E-state index contributed by atoms with van der Waals surface area (Å²) in [5.41, 5.74) is 4.81. The summed E-state index contributed by atoms with van der Waals surface area (Å²) in [6.45, 7) is 1.83. The molecule has 2 N–H and O–H groups in total. The highest BCUT2D eigenvalue weighted by atomic mass is 35.5. The van der Waals surface area contributed by atoms with Crippen LogP contribution in [0, 0.1) is 6.92 Å². The molecule has 28 heavy (non-hydrogen) atoms. The van der Waals surface area contributed by atoms with Crippen molar-refractivity contribution >= 4 is 46.1 Å². The minimum absolute atomic E-state index is 0.0400. The summed E-state index contributed by atoms with van der Waals surface area (Å²) in [6.07, 6.45) is 1.70. The number of nitrogens with zero attached hydrogens (tertiary/aromatic N) is 1. The first-order valence-electron chi connectivity index (χ1n) is 8.89. The van der Waals surface area contributed by atoms with E-state index in [1.165, 1.54) is 0 Å². The summed E-state index contributed by atoms with van der Waals surface area (Å²) in [5.74, 6) is -0.576. The zero-order valence-electron chi connectivity index (χ0n) is 15.4. The van der Waals surface area contributed by atoms with E-state index in [-0.39, 0.29) is 24.7 Å². The second-order valence-corrected chi connectivity index (χ2v) is 6.73. The van der Waals surface area contributed by atoms with Gasteiger partial charge in [0.2, 0.25) is 11.8 Å². The fraction of sp³-hybridized carbons (Fsp3) is 0.136. The van der Waals surface area contributed by atoms with Crippen molar-refractivity contribution in [2.45, 2.75) is 19.8 Å². The molecule has 0 atom stereocenters. The van der Waals surface area contributed by atoms with Gasteiger partial charge in [0.25, 0.3) is 0 Å². The Labute approximate surface area is 168 Å². The second-order valence-electron chi connectivity index (χ2n) is 6.32. The smallest absolute Gasteiger partial charge is 0.240 e. The monoisotopic (exact) mass is 393 g/mol. The molecule has 0 aliphatic rings. The van der Waals surface area contributed by atoms with Crippen molar-refractivity contribution in [1.82, 2.24) is 5.43 Å². The van der Waals surface area contributed by atoms with Crippen molar-refractivity contribution in [1.29, 1.82) is 0 Å². The molecular formula is C22H20ClN3O2. The Hall–Kier alpha value is -3.18. The summed E-state index contributed by atoms with van der Waals surface area (Å²) in [4.78, 5) is 24.0. The maximum absolute atomic E-state index is 12.0. The van der Waals surface area contributed by atoms with E-state index >= 15 is 0 Å². The number of nitrogens with one attached hydrogen (secondary N) is 2. The van der Waals surface area contributed by atoms with Gasteiger partial charge in [0.1, 0.15) is 0 Å². The summed E-state index contributed by atoms with van der Waals surface area (Å²) in [5, 5.41) is 9.51. The lowest BCUT2D eigenvalue weighted by Gasteiger charge is -2.09. The highest BCUT2D eigenvalue weighted by Crippen LogP contribution is 2.23. The second kappa shape index (κ2) is 9.15. The van der Waals surface area contributed by atoms with Crippen LogP contribution in [0.15, 0.2) is 65.8 Å². The largest absolute Gasteiger partial charge is 0.326 e. The highest BCUT2D eigenvalue weighted by Gasteiger charge is 2.09. The number of anilines is 1. The van der Waals surface area contributed by atoms with Crippen LogP contribution in [0.25, 0.3) is 10.8 Å². The number of hydrazone groups is 1. The number of carbonyl (C=O) groups excluding carboxylic acids is 2. The standard InChI is InChI=1S/C22H20ClN3O2/c1-15-19(23)10-5-11-20(15)25-21(27)12-13-22(28)26-24-14-17-8-4-7-16-6-2-3-9-18(16)17/h2-11,14H,12-13H2,1H3,(H,25,27)(H,26,28). The Morgan fingerprint density at radius 3 is 2.54 bits per heavy atom. The average molecular weight is 394 g/mol. The van der Waals surface area contributed by atoms with Gasteiger partial charge in [-0.05, 0) is 35.4 Å². The Kier molecular flexibility index (Phi) is 6.40. The van der Waals surface area contributed by atoms with Crippen molar-refractivity contribution in [2.75, 3.05) is 5.32 Å². The first-order chi connectivity index (χ1) is 13.5. The van der Waals surface area contributed by atoms with Crippen LogP contribution >= 0.6 is 11.6 Å². The molecule has 3 aromatic rings. The van der Waals surface area contributed by atoms with Crippen LogP contribution in [0.1, 0.15) is 24.0 Å². The number of hydrogen-bond donors (Lipinski definition) is 2. The van der Waals surface area contributed by atoms with Crippen molar-refractivity contribution in [3.8, 4) is 0 Å². The minimum atomic E-state index is -0.325. The van der Waals surface area contributed by atoms with E-state index in [1.54, 1.807) is 24.4 Å². The Balaban J connectivity index is 1.51. The van der Waals surface area contributed by atoms with Crippen LogP contribution in [0.2, 0.25) is 5.02 Å². The number of benzene rings is 3. The summed E-state index contributed by atoms with van der Waals surface area (Å²) >= 11 is 6.04. The minimum Gasteiger partial charge on any atom is -0.326 e. The molecule has 6 heteroatoms. The van der Waals surface area contributed by atoms with Gasteiger partial charge in [-0.15, -0.1) is 0 Å². The van der Waals surface area contributed by atoms with E-state index in [4.69, 9.17) is 11.6 Å². The van der Waals surface area contributed by atoms with Crippen molar-refractivity contribution in [3.63, 3.8) is 0 Å². The van der Waals surface area contributed by atoms with E-state index < -0.39 is 0 Å². The Bertz CT molecular complexity index is 1040. The maximum atomic E-state index is 12.0. The quantitative estimate of drug-likeness (QED) is 0.472. The molecule has 142 valence electrons. The Morgan fingerprint density at radius 1 is 0.964 bits per heavy atom. The number of hydrogen-bond acceptors (Lipinski definition) is 3. The first kappa shape index (κ1) is 19.6. The third-order valence-electron chi connectivity index (χ3n) is 4.34. The maximum Gasteiger partial charge on any atom is 0.240 e. The van der Waals surface area contributed by atoms with Crippen LogP contribution in [0.4, 0.5) is 5.69 Å². The van der Waals surface area contributed by atoms with Gasteiger partial charge in [-0.1, -0.05) is 60.1 Å². The van der Waals surface area contributed by atoms with E-state index in [0.29, 0.717) is 10.7 Å². The van der Waals surface area contributed by atoms with Crippen LogP contribution in [-0.2, 0) is 9.59 Å². The molecule has 3 aromatic carbocycles. The van der Waals surface area contributed by atoms with Gasteiger partial charge in [0.05, 0.1) is 6.21 Å². The van der Waals surface area contributed by atoms with Gasteiger partial charge in [-0.25, -0.2) is 5.43 Å². The molecule has 3 rings (SSSR count). The van der Waals surface area contributed by atoms with Gasteiger partial charge >= 0.3 is 0 Å². The molecule has 5 nitrogen and oxygen atoms in total. The molecule has 0 aliphatic carbocycles. The molecule has 0 saturated heterocycles. The van der Waals surface area contributed by atoms with Crippen molar-refractivity contribution in [2.24, 2.45) is 5.10 Å². The molecule has 0 aromatic heterocycles. The van der Waals surface area contributed by atoms with Crippen LogP contribution < -0.4 is 10.7 Å². The number of fused-ring (bicyclic) bond motifs is 1. The molecule has 0 spiro atoms. The lowest BCUT2D eigenvalue weighted by atomic mass is 10.1. The van der Waals surface area contributed by atoms with Crippen molar-refractivity contribution < 1.29 is 9.59 Å². The molecule has 2 amide bonds. The summed E-state index contributed by atoms with van der Waals surface area (Å²) in [7, 11) is 0. The van der Waals surface area contributed by atoms with Gasteiger partial charge in [-0.3, -0.25) is 9.59 Å². The zero-order chi connectivity index (χ0) is 19.9. The number of carbonyl (C=O) groups is 2. The number of amides is 2. The van der Waals surface area contributed by atoms with Gasteiger partial charge in [0, 0.05) is 29.1 Å². The predicted molar refractivity (Wildman–Crippen MR) is 114 cm³/mol. The number of halogens is 1. The van der Waals surface area contributed by atoms with Crippen LogP contribution in [-0.4, -0.2) is 18.0 Å². The normalized spacial score (nSPS) is 10.9. The van der Waals surface area contributed by atoms with Crippen LogP contribution in [0.5, 0.6) is 0 Å². The number of rotatable bonds is 6. The molecule has 0 saturated carbocycles. The molecular weight excluding hydrogens is 374 g/mol. The van der Waals surface area contributed by atoms with E-state index in [2.05, 4.69) is 15.8 Å². The van der Waals surface area contributed by atoms with Gasteiger partial charge < -0.3 is 5.32 Å². The third-order valence-corrected chi connectivity index (χ3v) is 4.75. The molecule has 0 aliphatic heterocycles. The van der Waals surface area contributed by atoms with Crippen LogP contribution in [0.3, 0.4) is 0 Å². The molecule has 0 radical (unpaired) electrons. The average Bonchev–Trinajstić information content (AvgIpc) is 2.70. The predicted octanol–water partition coefficient (Wildman–Crippen LogP) is 4.67. The first-order valence-corrected chi connectivity index (χ1v) is 9.27. The molecule has 0 unspecified atom stereocenters. The fourth-order valence-corrected chi connectivity index (χ4v) is 2.95. The fourth-order valence-electron chi connectivity index (χ4n) is 2.78. The Morgan fingerprint density at radius 2 is 1.68 bits per heavy atom. The topological polar surface area (TPSA) is 70.6 Å². The summed E-state index contributed by atoms with van der Waals surface area (Å²) in [6, 6.07) is 19.1. The third kappa shape index (κ3) is 4.96.